The molecule has 2 rings (SSSR count). The van der Waals surface area contributed by atoms with E-state index in [2.05, 4.69) is 5.32 Å². The lowest BCUT2D eigenvalue weighted by molar-refractivity contribution is -0.127. The van der Waals surface area contributed by atoms with Crippen LogP contribution in [0, 0.1) is 0 Å². The van der Waals surface area contributed by atoms with Gasteiger partial charge >= 0.3 is 0 Å². The molecule has 1 aromatic heterocycles. The van der Waals surface area contributed by atoms with Crippen LogP contribution in [0.4, 0.5) is 0 Å². The predicted octanol–water partition coefficient (Wildman–Crippen LogP) is 3.20. The Morgan fingerprint density at radius 3 is 2.82 bits per heavy atom. The molecule has 2 aromatic rings. The van der Waals surface area contributed by atoms with Gasteiger partial charge in [0.05, 0.1) is 17.8 Å². The number of carbonyl (C=O) groups excluding carboxylic acids is 1. The molecule has 2 atom stereocenters. The van der Waals surface area contributed by atoms with Crippen LogP contribution in [0.5, 0.6) is 5.75 Å². The van der Waals surface area contributed by atoms with Gasteiger partial charge in [0.2, 0.25) is 0 Å². The number of hydrogen-bond acceptors (Lipinski definition) is 4. The van der Waals surface area contributed by atoms with Crippen molar-refractivity contribution in [3.8, 4) is 5.75 Å². The van der Waals surface area contributed by atoms with Gasteiger partial charge in [0.25, 0.3) is 5.91 Å². The first-order valence-corrected chi connectivity index (χ1v) is 7.34. The van der Waals surface area contributed by atoms with Gasteiger partial charge in [-0.2, -0.15) is 0 Å². The third-order valence-corrected chi connectivity index (χ3v) is 3.73. The number of nitrogens with one attached hydrogen (secondary N) is 1. The molecule has 2 unspecified atom stereocenters. The van der Waals surface area contributed by atoms with Crippen molar-refractivity contribution in [1.29, 1.82) is 0 Å². The van der Waals surface area contributed by atoms with Crippen molar-refractivity contribution in [3.05, 3.63) is 52.4 Å². The van der Waals surface area contributed by atoms with Crippen LogP contribution < -0.4 is 10.1 Å². The molecule has 7 heteroatoms. The number of halogens is 2. The number of furan rings is 1. The average Bonchev–Trinajstić information content (AvgIpc) is 3.03. The van der Waals surface area contributed by atoms with E-state index in [1.54, 1.807) is 37.3 Å². The first-order valence-electron chi connectivity index (χ1n) is 6.59. The summed E-state index contributed by atoms with van der Waals surface area (Å²) >= 11 is 11.9. The standard InChI is InChI=1S/C15H15Cl2NO4/c1-9(22-13-5-2-4-10(16)14(13)17)15(20)18-8-11(19)12-6-3-7-21-12/h2-7,9,11,19H,8H2,1H3,(H,18,20). The van der Waals surface area contributed by atoms with E-state index in [9.17, 15) is 9.90 Å². The van der Waals surface area contributed by atoms with E-state index in [1.165, 1.54) is 6.26 Å². The van der Waals surface area contributed by atoms with Crippen LogP contribution in [0.15, 0.2) is 41.0 Å². The monoisotopic (exact) mass is 343 g/mol. The minimum absolute atomic E-state index is 0.0172. The highest BCUT2D eigenvalue weighted by molar-refractivity contribution is 6.42. The first-order chi connectivity index (χ1) is 10.5. The minimum Gasteiger partial charge on any atom is -0.479 e. The summed E-state index contributed by atoms with van der Waals surface area (Å²) < 4.78 is 10.5. The number of hydrogen-bond donors (Lipinski definition) is 2. The Morgan fingerprint density at radius 1 is 1.36 bits per heavy atom. The van der Waals surface area contributed by atoms with Gasteiger partial charge in [0.1, 0.15) is 22.6 Å². The van der Waals surface area contributed by atoms with Crippen LogP contribution in [0.1, 0.15) is 18.8 Å². The van der Waals surface area contributed by atoms with Crippen molar-refractivity contribution in [2.45, 2.75) is 19.1 Å². The molecule has 0 aliphatic heterocycles. The van der Waals surface area contributed by atoms with Gasteiger partial charge in [-0.25, -0.2) is 0 Å². The highest BCUT2D eigenvalue weighted by Crippen LogP contribution is 2.32. The van der Waals surface area contributed by atoms with Crippen molar-refractivity contribution < 1.29 is 19.1 Å². The van der Waals surface area contributed by atoms with Gasteiger partial charge in [-0.3, -0.25) is 4.79 Å². The SMILES string of the molecule is CC(Oc1cccc(Cl)c1Cl)C(=O)NCC(O)c1ccco1. The molecule has 0 saturated carbocycles. The zero-order chi connectivity index (χ0) is 16.1. The van der Waals surface area contributed by atoms with Crippen molar-refractivity contribution in [2.24, 2.45) is 0 Å². The fourth-order valence-electron chi connectivity index (χ4n) is 1.74. The summed E-state index contributed by atoms with van der Waals surface area (Å²) in [6.45, 7) is 1.59. The van der Waals surface area contributed by atoms with Crippen LogP contribution in [-0.2, 0) is 4.79 Å². The summed E-state index contributed by atoms with van der Waals surface area (Å²) in [6, 6.07) is 8.21. The fourth-order valence-corrected chi connectivity index (χ4v) is 2.08. The Bertz CT molecular complexity index is 630. The fraction of sp³-hybridized carbons (Fsp3) is 0.267. The van der Waals surface area contributed by atoms with Gasteiger partial charge < -0.3 is 19.6 Å². The third kappa shape index (κ3) is 4.16. The van der Waals surface area contributed by atoms with E-state index in [0.29, 0.717) is 16.5 Å². The maximum Gasteiger partial charge on any atom is 0.260 e. The highest BCUT2D eigenvalue weighted by Gasteiger charge is 2.19. The van der Waals surface area contributed by atoms with Gasteiger partial charge in [0, 0.05) is 0 Å². The summed E-state index contributed by atoms with van der Waals surface area (Å²) in [5.41, 5.74) is 0. The Hall–Kier alpha value is -1.69. The molecule has 0 spiro atoms. The smallest absolute Gasteiger partial charge is 0.260 e. The second-order valence-electron chi connectivity index (χ2n) is 4.59. The van der Waals surface area contributed by atoms with Gasteiger partial charge in [-0.15, -0.1) is 0 Å². The summed E-state index contributed by atoms with van der Waals surface area (Å²) in [5, 5.41) is 13.0. The molecule has 0 fully saturated rings. The number of amides is 1. The molecule has 1 amide bonds. The lowest BCUT2D eigenvalue weighted by atomic mass is 10.2. The minimum atomic E-state index is -0.916. The number of benzene rings is 1. The Labute approximate surface area is 137 Å². The van der Waals surface area contributed by atoms with Crippen LogP contribution in [0.25, 0.3) is 0 Å². The predicted molar refractivity (Wildman–Crippen MR) is 83.2 cm³/mol. The van der Waals surface area contributed by atoms with Crippen LogP contribution in [-0.4, -0.2) is 23.7 Å². The van der Waals surface area contributed by atoms with E-state index in [1.807, 2.05) is 0 Å². The molecule has 1 heterocycles. The van der Waals surface area contributed by atoms with E-state index in [-0.39, 0.29) is 17.5 Å². The summed E-state index contributed by atoms with van der Waals surface area (Å²) in [4.78, 5) is 12.0. The summed E-state index contributed by atoms with van der Waals surface area (Å²) in [7, 11) is 0. The maximum absolute atomic E-state index is 12.0. The molecule has 0 aliphatic carbocycles. The average molecular weight is 344 g/mol. The maximum atomic E-state index is 12.0. The Morgan fingerprint density at radius 2 is 2.14 bits per heavy atom. The Balaban J connectivity index is 1.88. The van der Waals surface area contributed by atoms with Gasteiger partial charge in [-0.1, -0.05) is 29.3 Å². The molecule has 5 nitrogen and oxygen atoms in total. The van der Waals surface area contributed by atoms with Crippen molar-refractivity contribution in [3.63, 3.8) is 0 Å². The van der Waals surface area contributed by atoms with Crippen molar-refractivity contribution >= 4 is 29.1 Å². The zero-order valence-corrected chi connectivity index (χ0v) is 13.3. The Kier molecular flexibility index (Phi) is 5.71. The van der Waals surface area contributed by atoms with Crippen LogP contribution >= 0.6 is 23.2 Å². The van der Waals surface area contributed by atoms with Crippen LogP contribution in [0.3, 0.4) is 0 Å². The number of aliphatic hydroxyl groups is 1. The second kappa shape index (κ2) is 7.54. The van der Waals surface area contributed by atoms with Crippen molar-refractivity contribution in [2.75, 3.05) is 6.54 Å². The van der Waals surface area contributed by atoms with E-state index in [0.717, 1.165) is 0 Å². The molecule has 22 heavy (non-hydrogen) atoms. The zero-order valence-electron chi connectivity index (χ0n) is 11.8. The normalized spacial score (nSPS) is 13.5. The largest absolute Gasteiger partial charge is 0.479 e. The highest BCUT2D eigenvalue weighted by atomic mass is 35.5. The third-order valence-electron chi connectivity index (χ3n) is 2.93. The van der Waals surface area contributed by atoms with Crippen LogP contribution in [0.2, 0.25) is 10.0 Å². The number of aliphatic hydroxyl groups excluding tert-OH is 1. The van der Waals surface area contributed by atoms with E-state index < -0.39 is 12.2 Å². The molecule has 0 aliphatic rings. The summed E-state index contributed by atoms with van der Waals surface area (Å²) in [6.07, 6.45) is -0.256. The quantitative estimate of drug-likeness (QED) is 0.844. The lowest BCUT2D eigenvalue weighted by Gasteiger charge is -2.17. The van der Waals surface area contributed by atoms with E-state index >= 15 is 0 Å². The number of rotatable bonds is 6. The number of ether oxygens (including phenoxy) is 1. The number of carbonyl (C=O) groups is 1. The molecule has 0 saturated heterocycles. The molecule has 0 bridgehead atoms. The molecular formula is C15H15Cl2NO4. The van der Waals surface area contributed by atoms with E-state index in [4.69, 9.17) is 32.4 Å². The molecule has 1 aromatic carbocycles. The molecule has 0 radical (unpaired) electrons. The van der Waals surface area contributed by atoms with Gasteiger partial charge in [-0.05, 0) is 31.2 Å². The molecular weight excluding hydrogens is 329 g/mol. The molecule has 118 valence electrons. The topological polar surface area (TPSA) is 71.7 Å². The van der Waals surface area contributed by atoms with Crippen molar-refractivity contribution in [1.82, 2.24) is 5.32 Å². The second-order valence-corrected chi connectivity index (χ2v) is 5.37. The van der Waals surface area contributed by atoms with Gasteiger partial charge in [0.15, 0.2) is 6.10 Å². The first kappa shape index (κ1) is 16.7. The molecule has 2 N–H and O–H groups in total. The lowest BCUT2D eigenvalue weighted by Crippen LogP contribution is -2.38. The summed E-state index contributed by atoms with van der Waals surface area (Å²) in [5.74, 6) is 0.316.